The van der Waals surface area contributed by atoms with Crippen LogP contribution in [0.1, 0.15) is 79.0 Å². The molecule has 0 fully saturated rings. The normalized spacial score (nSPS) is 14.1. The third-order valence-corrected chi connectivity index (χ3v) is 12.3. The summed E-state index contributed by atoms with van der Waals surface area (Å²) in [5.41, 5.74) is 17.0. The maximum Gasteiger partial charge on any atom is 0.333 e. The number of benzene rings is 7. The molecule has 0 unspecified atom stereocenters. The maximum atomic E-state index is 6.62. The first kappa shape index (κ1) is 34.7. The van der Waals surface area contributed by atoms with Gasteiger partial charge in [-0.3, -0.25) is 0 Å². The molecule has 0 saturated carbocycles. The van der Waals surface area contributed by atoms with Gasteiger partial charge in [0.25, 0.3) is 0 Å². The van der Waals surface area contributed by atoms with Crippen molar-refractivity contribution in [1.29, 1.82) is 0 Å². The highest BCUT2D eigenvalue weighted by Crippen LogP contribution is 2.52. The molecule has 3 nitrogen and oxygen atoms in total. The lowest BCUT2D eigenvalue weighted by atomic mass is 9.43. The van der Waals surface area contributed by atoms with Crippen molar-refractivity contribution in [2.45, 2.75) is 78.6 Å². The minimum atomic E-state index is -0.0874. The molecule has 0 radical (unpaired) electrons. The van der Waals surface area contributed by atoms with Gasteiger partial charge in [-0.05, 0) is 109 Å². The standard InChI is InChI=1S/C52H49BN2O/c1-50(2,3)33-18-23-36(24-19-33)54-42-27-22-35(52(7,8)9)31-41(42)53-48-40(30-32-14-10-11-15-38(32)49(48)54)46-43(55(53)37-25-20-34(21-26-37)51(4,5)6)28-29-45-47(46)39-16-12-13-17-44(39)56-45/h10-31H,1-9H3. The summed E-state index contributed by atoms with van der Waals surface area (Å²) in [7, 11) is 0. The Morgan fingerprint density at radius 2 is 1.07 bits per heavy atom. The maximum absolute atomic E-state index is 6.62. The summed E-state index contributed by atoms with van der Waals surface area (Å²) in [5, 5.41) is 4.78. The van der Waals surface area contributed by atoms with Crippen molar-refractivity contribution in [2.75, 3.05) is 9.71 Å². The number of hydrogen-bond acceptors (Lipinski definition) is 3. The highest BCUT2D eigenvalue weighted by molar-refractivity contribution is 6.94. The van der Waals surface area contributed by atoms with Crippen molar-refractivity contribution in [1.82, 2.24) is 0 Å². The molecule has 0 bridgehead atoms. The van der Waals surface area contributed by atoms with Crippen molar-refractivity contribution in [3.05, 3.63) is 150 Å². The molecule has 0 saturated heterocycles. The van der Waals surface area contributed by atoms with Gasteiger partial charge in [-0.1, -0.05) is 141 Å². The van der Waals surface area contributed by atoms with E-state index in [4.69, 9.17) is 4.42 Å². The van der Waals surface area contributed by atoms with Crippen LogP contribution in [0, 0.1) is 0 Å². The zero-order chi connectivity index (χ0) is 38.9. The van der Waals surface area contributed by atoms with Gasteiger partial charge in [0.05, 0.1) is 5.69 Å². The van der Waals surface area contributed by atoms with E-state index in [2.05, 4.69) is 205 Å². The fraction of sp³-hybridized carbons (Fsp3) is 0.231. The van der Waals surface area contributed by atoms with Crippen LogP contribution in [0.25, 0.3) is 43.8 Å². The molecule has 8 aromatic rings. The van der Waals surface area contributed by atoms with Crippen LogP contribution >= 0.6 is 0 Å². The molecule has 0 amide bonds. The van der Waals surface area contributed by atoms with E-state index >= 15 is 0 Å². The van der Waals surface area contributed by atoms with Gasteiger partial charge in [0, 0.05) is 44.5 Å². The lowest BCUT2D eigenvalue weighted by Gasteiger charge is -2.46. The van der Waals surface area contributed by atoms with Gasteiger partial charge < -0.3 is 14.1 Å². The largest absolute Gasteiger partial charge is 0.456 e. The van der Waals surface area contributed by atoms with Crippen LogP contribution in [0.4, 0.5) is 28.4 Å². The van der Waals surface area contributed by atoms with Crippen LogP contribution in [0.2, 0.25) is 0 Å². The van der Waals surface area contributed by atoms with Gasteiger partial charge in [-0.25, -0.2) is 0 Å². The zero-order valence-electron chi connectivity index (χ0n) is 34.1. The van der Waals surface area contributed by atoms with Crippen LogP contribution in [0.3, 0.4) is 0 Å². The van der Waals surface area contributed by atoms with E-state index in [0.29, 0.717) is 0 Å². The molecule has 7 aromatic carbocycles. The number of furan rings is 1. The first-order valence-corrected chi connectivity index (χ1v) is 20.1. The molecule has 10 rings (SSSR count). The highest BCUT2D eigenvalue weighted by atomic mass is 16.3. The number of anilines is 5. The van der Waals surface area contributed by atoms with Crippen LogP contribution in [0.5, 0.6) is 0 Å². The lowest BCUT2D eigenvalue weighted by molar-refractivity contribution is 0.590. The Hall–Kier alpha value is -5.74. The SMILES string of the molecule is CC(C)(C)c1ccc(N2B3c4cc(C(C)(C)C)ccc4N(c4ccc(C(C)(C)C)cc4)c4c3c(cc3ccccc43)-c3c2ccc2oc4ccccc4c32)cc1. The van der Waals surface area contributed by atoms with Gasteiger partial charge in [-0.2, -0.15) is 0 Å². The molecule has 2 aliphatic rings. The molecule has 0 N–H and O–H groups in total. The number of nitrogens with zero attached hydrogens (tertiary/aromatic N) is 2. The van der Waals surface area contributed by atoms with Crippen LogP contribution in [0.15, 0.2) is 138 Å². The number of para-hydroxylation sites is 1. The van der Waals surface area contributed by atoms with Crippen LogP contribution in [-0.2, 0) is 16.2 Å². The third kappa shape index (κ3) is 5.18. The first-order chi connectivity index (χ1) is 26.7. The quantitative estimate of drug-likeness (QED) is 0.165. The molecule has 56 heavy (non-hydrogen) atoms. The Morgan fingerprint density at radius 1 is 0.500 bits per heavy atom. The molecule has 1 aromatic heterocycles. The van der Waals surface area contributed by atoms with Gasteiger partial charge in [0.1, 0.15) is 11.2 Å². The Labute approximate surface area is 331 Å². The minimum absolute atomic E-state index is 0.0334. The van der Waals surface area contributed by atoms with Crippen molar-refractivity contribution >= 4 is 78.9 Å². The molecule has 2 aliphatic heterocycles. The Bertz CT molecular complexity index is 2860. The lowest BCUT2D eigenvalue weighted by Crippen LogP contribution is -2.61. The second-order valence-electron chi connectivity index (χ2n) is 19.1. The molecule has 0 atom stereocenters. The zero-order valence-corrected chi connectivity index (χ0v) is 34.1. The Balaban J connectivity index is 1.38. The Morgan fingerprint density at radius 3 is 1.73 bits per heavy atom. The van der Waals surface area contributed by atoms with E-state index in [1.54, 1.807) is 0 Å². The first-order valence-electron chi connectivity index (χ1n) is 20.1. The Kier molecular flexibility index (Phi) is 7.37. The van der Waals surface area contributed by atoms with Gasteiger partial charge in [0.15, 0.2) is 0 Å². The number of fused-ring (bicyclic) bond motifs is 10. The van der Waals surface area contributed by atoms with Crippen molar-refractivity contribution in [2.24, 2.45) is 0 Å². The van der Waals surface area contributed by atoms with E-state index in [0.717, 1.165) is 16.6 Å². The molecule has 3 heterocycles. The number of hydrogen-bond donors (Lipinski definition) is 0. The summed E-state index contributed by atoms with van der Waals surface area (Å²) >= 11 is 0. The summed E-state index contributed by atoms with van der Waals surface area (Å²) in [5.74, 6) is 0. The van der Waals surface area contributed by atoms with Crippen LogP contribution in [-0.4, -0.2) is 6.85 Å². The van der Waals surface area contributed by atoms with E-state index < -0.39 is 0 Å². The predicted molar refractivity (Wildman–Crippen MR) is 241 cm³/mol. The molecular formula is C52H49BN2O. The average Bonchev–Trinajstić information content (AvgIpc) is 3.55. The second kappa shape index (κ2) is 11.9. The van der Waals surface area contributed by atoms with Crippen molar-refractivity contribution < 1.29 is 4.42 Å². The molecule has 0 aliphatic carbocycles. The monoisotopic (exact) mass is 728 g/mol. The smallest absolute Gasteiger partial charge is 0.333 e. The van der Waals surface area contributed by atoms with Gasteiger partial charge in [-0.15, -0.1) is 0 Å². The minimum Gasteiger partial charge on any atom is -0.456 e. The van der Waals surface area contributed by atoms with E-state index in [1.165, 1.54) is 83.3 Å². The average molecular weight is 729 g/mol. The summed E-state index contributed by atoms with van der Waals surface area (Å²) < 4.78 is 6.62. The molecule has 0 spiro atoms. The molecular weight excluding hydrogens is 679 g/mol. The summed E-state index contributed by atoms with van der Waals surface area (Å²) in [6.45, 7) is 20.6. The van der Waals surface area contributed by atoms with Crippen molar-refractivity contribution in [3.8, 4) is 11.1 Å². The topological polar surface area (TPSA) is 19.6 Å². The van der Waals surface area contributed by atoms with Crippen LogP contribution < -0.4 is 20.6 Å². The van der Waals surface area contributed by atoms with E-state index in [-0.39, 0.29) is 23.1 Å². The summed E-state index contributed by atoms with van der Waals surface area (Å²) in [4.78, 5) is 5.19. The molecule has 4 heteroatoms. The van der Waals surface area contributed by atoms with Gasteiger partial charge >= 0.3 is 6.85 Å². The van der Waals surface area contributed by atoms with E-state index in [9.17, 15) is 0 Å². The number of rotatable bonds is 2. The fourth-order valence-electron chi connectivity index (χ4n) is 9.26. The van der Waals surface area contributed by atoms with E-state index in [1.807, 2.05) is 0 Å². The molecule has 276 valence electrons. The summed E-state index contributed by atoms with van der Waals surface area (Å²) in [6, 6.07) is 50.4. The summed E-state index contributed by atoms with van der Waals surface area (Å²) in [6.07, 6.45) is 0. The predicted octanol–water partition coefficient (Wildman–Crippen LogP) is 13.3. The fourth-order valence-corrected chi connectivity index (χ4v) is 9.26. The third-order valence-electron chi connectivity index (χ3n) is 12.3. The highest BCUT2D eigenvalue weighted by Gasteiger charge is 2.47. The van der Waals surface area contributed by atoms with Crippen molar-refractivity contribution in [3.63, 3.8) is 0 Å². The van der Waals surface area contributed by atoms with Gasteiger partial charge in [0.2, 0.25) is 0 Å². The second-order valence-corrected chi connectivity index (χ2v) is 19.1.